The number of rotatable bonds is 6. The molecular formula is C23H20ClN3O2S. The number of aryl methyl sites for hydroxylation is 2. The van der Waals surface area contributed by atoms with Gasteiger partial charge in [-0.15, -0.1) is 0 Å². The van der Waals surface area contributed by atoms with Crippen molar-refractivity contribution in [1.29, 1.82) is 0 Å². The molecule has 2 aromatic heterocycles. The van der Waals surface area contributed by atoms with Crippen LogP contribution in [-0.4, -0.2) is 22.5 Å². The molecule has 0 saturated heterocycles. The van der Waals surface area contributed by atoms with Crippen LogP contribution >= 0.6 is 22.9 Å². The van der Waals surface area contributed by atoms with E-state index < -0.39 is 0 Å². The zero-order valence-electron chi connectivity index (χ0n) is 16.6. The highest BCUT2D eigenvalue weighted by molar-refractivity contribution is 7.22. The Morgan fingerprint density at radius 2 is 2.00 bits per heavy atom. The third-order valence-electron chi connectivity index (χ3n) is 4.57. The molecule has 0 unspecified atom stereocenters. The summed E-state index contributed by atoms with van der Waals surface area (Å²) < 4.78 is 6.69. The maximum atomic E-state index is 13.1. The van der Waals surface area contributed by atoms with E-state index in [1.54, 1.807) is 11.1 Å². The monoisotopic (exact) mass is 437 g/mol. The first-order valence-corrected chi connectivity index (χ1v) is 10.7. The third kappa shape index (κ3) is 4.61. The van der Waals surface area contributed by atoms with E-state index >= 15 is 0 Å². The number of halogens is 1. The van der Waals surface area contributed by atoms with E-state index in [2.05, 4.69) is 4.98 Å². The SMILES string of the molecule is Cc1cccc(OCC(=O)N(Cc2ccccn2)c2nc3c(C)cc(Cl)cc3s2)c1. The molecule has 7 heteroatoms. The maximum absolute atomic E-state index is 13.1. The molecule has 5 nitrogen and oxygen atoms in total. The largest absolute Gasteiger partial charge is 0.484 e. The summed E-state index contributed by atoms with van der Waals surface area (Å²) in [6.45, 7) is 4.16. The van der Waals surface area contributed by atoms with Crippen molar-refractivity contribution in [2.75, 3.05) is 11.5 Å². The Balaban J connectivity index is 1.64. The van der Waals surface area contributed by atoms with Gasteiger partial charge in [-0.3, -0.25) is 14.7 Å². The van der Waals surface area contributed by atoms with E-state index in [-0.39, 0.29) is 12.5 Å². The quantitative estimate of drug-likeness (QED) is 0.395. The predicted molar refractivity (Wildman–Crippen MR) is 121 cm³/mol. The molecule has 0 fully saturated rings. The van der Waals surface area contributed by atoms with E-state index in [1.807, 2.05) is 68.4 Å². The number of thiazole rings is 1. The van der Waals surface area contributed by atoms with E-state index in [0.29, 0.717) is 22.4 Å². The minimum absolute atomic E-state index is 0.0913. The summed E-state index contributed by atoms with van der Waals surface area (Å²) in [5.74, 6) is 0.470. The Morgan fingerprint density at radius 3 is 2.77 bits per heavy atom. The number of fused-ring (bicyclic) bond motifs is 1. The highest BCUT2D eigenvalue weighted by atomic mass is 35.5. The summed E-state index contributed by atoms with van der Waals surface area (Å²) in [7, 11) is 0. The number of hydrogen-bond donors (Lipinski definition) is 0. The van der Waals surface area contributed by atoms with Gasteiger partial charge in [-0.25, -0.2) is 4.98 Å². The second-order valence-electron chi connectivity index (χ2n) is 6.97. The molecule has 2 aromatic carbocycles. The summed E-state index contributed by atoms with van der Waals surface area (Å²) in [6.07, 6.45) is 1.71. The van der Waals surface area contributed by atoms with Crippen LogP contribution in [0.1, 0.15) is 16.8 Å². The minimum atomic E-state index is -0.190. The number of amides is 1. The molecule has 4 rings (SSSR count). The number of nitrogens with zero attached hydrogens (tertiary/aromatic N) is 3. The van der Waals surface area contributed by atoms with Crippen molar-refractivity contribution in [3.05, 3.63) is 82.6 Å². The number of hydrogen-bond acceptors (Lipinski definition) is 5. The lowest BCUT2D eigenvalue weighted by Gasteiger charge is -2.19. The van der Waals surface area contributed by atoms with Crippen LogP contribution in [0, 0.1) is 13.8 Å². The van der Waals surface area contributed by atoms with Crippen molar-refractivity contribution in [1.82, 2.24) is 9.97 Å². The molecule has 0 saturated carbocycles. The van der Waals surface area contributed by atoms with Crippen molar-refractivity contribution in [3.63, 3.8) is 0 Å². The topological polar surface area (TPSA) is 55.3 Å². The molecule has 4 aromatic rings. The lowest BCUT2D eigenvalue weighted by molar-refractivity contribution is -0.120. The van der Waals surface area contributed by atoms with Gasteiger partial charge in [-0.2, -0.15) is 0 Å². The van der Waals surface area contributed by atoms with Gasteiger partial charge >= 0.3 is 0 Å². The second-order valence-corrected chi connectivity index (χ2v) is 8.42. The molecule has 0 N–H and O–H groups in total. The van der Waals surface area contributed by atoms with Crippen molar-refractivity contribution in [2.24, 2.45) is 0 Å². The van der Waals surface area contributed by atoms with Crippen LogP contribution in [-0.2, 0) is 11.3 Å². The molecule has 0 aliphatic rings. The van der Waals surface area contributed by atoms with Gasteiger partial charge in [0.25, 0.3) is 5.91 Å². The fourth-order valence-corrected chi connectivity index (χ4v) is 4.54. The normalized spacial score (nSPS) is 10.9. The van der Waals surface area contributed by atoms with Crippen molar-refractivity contribution in [3.8, 4) is 5.75 Å². The van der Waals surface area contributed by atoms with Gasteiger partial charge in [0.15, 0.2) is 11.7 Å². The standard InChI is InChI=1S/C23H20ClN3O2S/c1-15-6-5-8-19(10-15)29-14-21(28)27(13-18-7-3-4-9-25-18)23-26-22-16(2)11-17(24)12-20(22)30-23/h3-12H,13-14H2,1-2H3. The van der Waals surface area contributed by atoms with Gasteiger partial charge in [0, 0.05) is 11.2 Å². The molecule has 0 aliphatic carbocycles. The van der Waals surface area contributed by atoms with Gasteiger partial charge in [0.2, 0.25) is 0 Å². The average molecular weight is 438 g/mol. The molecule has 2 heterocycles. The van der Waals surface area contributed by atoms with Crippen LogP contribution in [0.5, 0.6) is 5.75 Å². The smallest absolute Gasteiger partial charge is 0.267 e. The summed E-state index contributed by atoms with van der Waals surface area (Å²) in [5, 5.41) is 1.25. The second kappa shape index (κ2) is 8.81. The first kappa shape index (κ1) is 20.3. The Labute approximate surface area is 183 Å². The van der Waals surface area contributed by atoms with Crippen molar-refractivity contribution < 1.29 is 9.53 Å². The summed E-state index contributed by atoms with van der Waals surface area (Å²) in [4.78, 5) is 23.9. The molecule has 0 aliphatic heterocycles. The highest BCUT2D eigenvalue weighted by Crippen LogP contribution is 2.33. The molecule has 0 atom stereocenters. The van der Waals surface area contributed by atoms with Crippen LogP contribution in [0.4, 0.5) is 5.13 Å². The van der Waals surface area contributed by atoms with E-state index in [0.717, 1.165) is 27.0 Å². The van der Waals surface area contributed by atoms with Gasteiger partial charge < -0.3 is 4.74 Å². The molecule has 30 heavy (non-hydrogen) atoms. The average Bonchev–Trinajstić information content (AvgIpc) is 3.15. The lowest BCUT2D eigenvalue weighted by atomic mass is 10.2. The molecule has 152 valence electrons. The summed E-state index contributed by atoms with van der Waals surface area (Å²) in [5.41, 5.74) is 3.67. The first-order valence-electron chi connectivity index (χ1n) is 9.46. The van der Waals surface area contributed by atoms with Gasteiger partial charge in [-0.05, 0) is 61.4 Å². The van der Waals surface area contributed by atoms with Crippen LogP contribution < -0.4 is 9.64 Å². The molecule has 0 bridgehead atoms. The van der Waals surface area contributed by atoms with Gasteiger partial charge in [0.1, 0.15) is 5.75 Å². The fraction of sp³-hybridized carbons (Fsp3) is 0.174. The van der Waals surface area contributed by atoms with Crippen molar-refractivity contribution >= 4 is 44.2 Å². The number of carbonyl (C=O) groups is 1. The maximum Gasteiger partial charge on any atom is 0.267 e. The van der Waals surface area contributed by atoms with Crippen LogP contribution in [0.2, 0.25) is 5.02 Å². The number of anilines is 1. The fourth-order valence-electron chi connectivity index (χ4n) is 3.10. The zero-order valence-corrected chi connectivity index (χ0v) is 18.2. The Hall–Kier alpha value is -2.96. The number of aromatic nitrogens is 2. The predicted octanol–water partition coefficient (Wildman–Crippen LogP) is 5.57. The Bertz CT molecular complexity index is 1190. The summed E-state index contributed by atoms with van der Waals surface area (Å²) >= 11 is 7.64. The van der Waals surface area contributed by atoms with Gasteiger partial charge in [-0.1, -0.05) is 41.1 Å². The number of pyridine rings is 1. The Morgan fingerprint density at radius 1 is 1.13 bits per heavy atom. The third-order valence-corrected chi connectivity index (χ3v) is 5.81. The molecular weight excluding hydrogens is 418 g/mol. The highest BCUT2D eigenvalue weighted by Gasteiger charge is 2.22. The molecule has 0 radical (unpaired) electrons. The number of ether oxygens (including phenoxy) is 1. The lowest BCUT2D eigenvalue weighted by Crippen LogP contribution is -2.34. The van der Waals surface area contributed by atoms with Crippen LogP contribution in [0.25, 0.3) is 10.2 Å². The minimum Gasteiger partial charge on any atom is -0.484 e. The van der Waals surface area contributed by atoms with Crippen LogP contribution in [0.3, 0.4) is 0 Å². The summed E-state index contributed by atoms with van der Waals surface area (Å²) in [6, 6.07) is 17.0. The number of benzene rings is 2. The number of carbonyl (C=O) groups excluding carboxylic acids is 1. The van der Waals surface area contributed by atoms with E-state index in [9.17, 15) is 4.79 Å². The Kier molecular flexibility index (Phi) is 5.97. The van der Waals surface area contributed by atoms with Gasteiger partial charge in [0.05, 0.1) is 22.5 Å². The van der Waals surface area contributed by atoms with E-state index in [1.165, 1.54) is 11.3 Å². The van der Waals surface area contributed by atoms with E-state index in [4.69, 9.17) is 21.3 Å². The molecule has 1 amide bonds. The van der Waals surface area contributed by atoms with Crippen LogP contribution in [0.15, 0.2) is 60.8 Å². The first-order chi connectivity index (χ1) is 14.5. The molecule has 0 spiro atoms. The van der Waals surface area contributed by atoms with Crippen molar-refractivity contribution in [2.45, 2.75) is 20.4 Å². The zero-order chi connectivity index (χ0) is 21.1.